The number of hydrogen-bond acceptors (Lipinski definition) is 4. The molecule has 1 heterocycles. The van der Waals surface area contributed by atoms with Crippen LogP contribution in [0.25, 0.3) is 0 Å². The lowest BCUT2D eigenvalue weighted by Crippen LogP contribution is -2.44. The highest BCUT2D eigenvalue weighted by molar-refractivity contribution is 5.74. The normalized spacial score (nSPS) is 14.6. The fraction of sp³-hybridized carbons (Fsp3) is 0.500. The van der Waals surface area contributed by atoms with E-state index >= 15 is 0 Å². The van der Waals surface area contributed by atoms with E-state index in [-0.39, 0.29) is 6.03 Å². The summed E-state index contributed by atoms with van der Waals surface area (Å²) >= 11 is 0. The first-order valence-corrected chi connectivity index (χ1v) is 11.5. The molecule has 1 aliphatic rings. The number of carbonyl (C=O) groups is 1. The molecule has 32 heavy (non-hydrogen) atoms. The van der Waals surface area contributed by atoms with Crippen LogP contribution in [0.1, 0.15) is 29.5 Å². The molecule has 0 saturated carbocycles. The monoisotopic (exact) mass is 439 g/mol. The predicted molar refractivity (Wildman–Crippen MR) is 128 cm³/mol. The van der Waals surface area contributed by atoms with E-state index in [1.807, 2.05) is 29.2 Å². The largest absolute Gasteiger partial charge is 0.497 e. The van der Waals surface area contributed by atoms with Crippen LogP contribution in [0.2, 0.25) is 0 Å². The maximum Gasteiger partial charge on any atom is 0.317 e. The molecule has 1 fully saturated rings. The maximum absolute atomic E-state index is 12.5. The van der Waals surface area contributed by atoms with Crippen molar-refractivity contribution in [3.8, 4) is 5.75 Å². The third-order valence-electron chi connectivity index (χ3n) is 6.18. The summed E-state index contributed by atoms with van der Waals surface area (Å²) in [5, 5.41) is 3.04. The van der Waals surface area contributed by atoms with Crippen LogP contribution >= 0.6 is 0 Å². The summed E-state index contributed by atoms with van der Waals surface area (Å²) in [6, 6.07) is 16.8. The Balaban J connectivity index is 1.38. The summed E-state index contributed by atoms with van der Waals surface area (Å²) < 4.78 is 10.3. The number of carbonyl (C=O) groups excluding carboxylic acids is 1. The van der Waals surface area contributed by atoms with Crippen molar-refractivity contribution in [1.29, 1.82) is 0 Å². The van der Waals surface area contributed by atoms with Crippen molar-refractivity contribution in [1.82, 2.24) is 15.1 Å². The number of rotatable bonds is 10. The Morgan fingerprint density at radius 3 is 2.25 bits per heavy atom. The molecule has 0 spiro atoms. The summed E-state index contributed by atoms with van der Waals surface area (Å²) in [7, 11) is 5.51. The van der Waals surface area contributed by atoms with Crippen molar-refractivity contribution in [2.24, 2.45) is 5.92 Å². The van der Waals surface area contributed by atoms with Gasteiger partial charge in [-0.25, -0.2) is 4.79 Å². The van der Waals surface area contributed by atoms with Gasteiger partial charge in [0, 0.05) is 39.8 Å². The molecule has 2 amide bonds. The minimum atomic E-state index is 0.0289. The minimum absolute atomic E-state index is 0.0289. The third-order valence-corrected chi connectivity index (χ3v) is 6.18. The second-order valence-corrected chi connectivity index (χ2v) is 8.69. The number of piperidine rings is 1. The first-order valence-electron chi connectivity index (χ1n) is 11.5. The van der Waals surface area contributed by atoms with E-state index in [1.165, 1.54) is 11.1 Å². The molecule has 0 radical (unpaired) electrons. The van der Waals surface area contributed by atoms with Gasteiger partial charge in [0.2, 0.25) is 0 Å². The number of nitrogens with zero attached hydrogens (tertiary/aromatic N) is 2. The highest BCUT2D eigenvalue weighted by Gasteiger charge is 2.22. The predicted octanol–water partition coefficient (Wildman–Crippen LogP) is 3.94. The van der Waals surface area contributed by atoms with Gasteiger partial charge in [0.1, 0.15) is 5.75 Å². The van der Waals surface area contributed by atoms with Crippen LogP contribution in [0.3, 0.4) is 0 Å². The molecule has 0 aromatic heterocycles. The van der Waals surface area contributed by atoms with Gasteiger partial charge in [0.25, 0.3) is 0 Å². The van der Waals surface area contributed by atoms with Crippen LogP contribution in [0.4, 0.5) is 4.79 Å². The van der Waals surface area contributed by atoms with Gasteiger partial charge < -0.3 is 19.7 Å². The number of urea groups is 1. The summed E-state index contributed by atoms with van der Waals surface area (Å²) in [6.45, 7) is 4.81. The van der Waals surface area contributed by atoms with Crippen molar-refractivity contribution >= 4 is 6.03 Å². The van der Waals surface area contributed by atoms with Crippen molar-refractivity contribution in [2.45, 2.75) is 32.4 Å². The topological polar surface area (TPSA) is 54.0 Å². The molecule has 174 valence electrons. The lowest BCUT2D eigenvalue weighted by molar-refractivity contribution is 0.158. The standard InChI is InChI=1S/C26H37N3O3/c1-28(16-17-31-2)20-24-6-4-21(5-7-24)18-22-12-14-29(15-13-22)26(30)27-19-23-8-10-25(32-3)11-9-23/h4-11,22H,12-20H2,1-3H3,(H,27,30). The zero-order valence-corrected chi connectivity index (χ0v) is 19.7. The van der Waals surface area contributed by atoms with E-state index in [0.717, 1.165) is 63.4 Å². The molecule has 0 unspecified atom stereocenters. The van der Waals surface area contributed by atoms with Crippen LogP contribution in [0, 0.1) is 5.92 Å². The highest BCUT2D eigenvalue weighted by Crippen LogP contribution is 2.22. The van der Waals surface area contributed by atoms with Gasteiger partial charge in [0.15, 0.2) is 0 Å². The Morgan fingerprint density at radius 1 is 1.00 bits per heavy atom. The Morgan fingerprint density at radius 2 is 1.62 bits per heavy atom. The van der Waals surface area contributed by atoms with Crippen LogP contribution in [-0.4, -0.2) is 63.3 Å². The lowest BCUT2D eigenvalue weighted by atomic mass is 9.90. The summed E-state index contributed by atoms with van der Waals surface area (Å²) in [5.41, 5.74) is 3.79. The van der Waals surface area contributed by atoms with E-state index in [9.17, 15) is 4.79 Å². The van der Waals surface area contributed by atoms with Gasteiger partial charge in [0.05, 0.1) is 13.7 Å². The second kappa shape index (κ2) is 12.5. The molecule has 1 aliphatic heterocycles. The smallest absolute Gasteiger partial charge is 0.317 e. The molecule has 6 heteroatoms. The van der Waals surface area contributed by atoms with E-state index in [4.69, 9.17) is 9.47 Å². The number of hydrogen-bond donors (Lipinski definition) is 1. The molecule has 0 atom stereocenters. The number of likely N-dealkylation sites (N-methyl/N-ethyl adjacent to an activating group) is 1. The van der Waals surface area contributed by atoms with Gasteiger partial charge in [-0.1, -0.05) is 36.4 Å². The molecule has 2 aromatic carbocycles. The van der Waals surface area contributed by atoms with Gasteiger partial charge in [-0.3, -0.25) is 4.90 Å². The second-order valence-electron chi connectivity index (χ2n) is 8.69. The Hall–Kier alpha value is -2.57. The molecular weight excluding hydrogens is 402 g/mol. The number of likely N-dealkylation sites (tertiary alicyclic amines) is 1. The zero-order valence-electron chi connectivity index (χ0n) is 19.7. The average molecular weight is 440 g/mol. The van der Waals surface area contributed by atoms with Crippen LogP contribution in [0.5, 0.6) is 5.75 Å². The molecule has 1 N–H and O–H groups in total. The lowest BCUT2D eigenvalue weighted by Gasteiger charge is -2.32. The molecule has 2 aromatic rings. The molecule has 6 nitrogen and oxygen atoms in total. The number of methoxy groups -OCH3 is 2. The van der Waals surface area contributed by atoms with Crippen molar-refractivity contribution in [2.75, 3.05) is 47.5 Å². The van der Waals surface area contributed by atoms with Gasteiger partial charge in [-0.05, 0) is 61.1 Å². The summed E-state index contributed by atoms with van der Waals surface area (Å²) in [5.74, 6) is 1.46. The fourth-order valence-electron chi connectivity index (χ4n) is 4.12. The van der Waals surface area contributed by atoms with Gasteiger partial charge in [-0.2, -0.15) is 0 Å². The Kier molecular flexibility index (Phi) is 9.38. The van der Waals surface area contributed by atoms with E-state index in [1.54, 1.807) is 14.2 Å². The summed E-state index contributed by atoms with van der Waals surface area (Å²) in [4.78, 5) is 16.7. The SMILES string of the molecule is COCCN(C)Cc1ccc(CC2CCN(C(=O)NCc3ccc(OC)cc3)CC2)cc1. The van der Waals surface area contributed by atoms with Crippen molar-refractivity contribution in [3.63, 3.8) is 0 Å². The highest BCUT2D eigenvalue weighted by atomic mass is 16.5. The molecular formula is C26H37N3O3. The number of amides is 2. The summed E-state index contributed by atoms with van der Waals surface area (Å²) in [6.07, 6.45) is 3.19. The van der Waals surface area contributed by atoms with E-state index in [2.05, 4.69) is 41.5 Å². The van der Waals surface area contributed by atoms with Crippen LogP contribution < -0.4 is 10.1 Å². The molecule has 0 bridgehead atoms. The molecule has 0 aliphatic carbocycles. The zero-order chi connectivity index (χ0) is 22.8. The third kappa shape index (κ3) is 7.53. The number of ether oxygens (including phenoxy) is 2. The fourth-order valence-corrected chi connectivity index (χ4v) is 4.12. The van der Waals surface area contributed by atoms with Gasteiger partial charge >= 0.3 is 6.03 Å². The minimum Gasteiger partial charge on any atom is -0.497 e. The number of benzene rings is 2. The van der Waals surface area contributed by atoms with E-state index < -0.39 is 0 Å². The van der Waals surface area contributed by atoms with E-state index in [0.29, 0.717) is 12.5 Å². The van der Waals surface area contributed by atoms with Crippen molar-refractivity contribution < 1.29 is 14.3 Å². The van der Waals surface area contributed by atoms with Crippen LogP contribution in [0.15, 0.2) is 48.5 Å². The Labute approximate surface area is 192 Å². The average Bonchev–Trinajstić information content (AvgIpc) is 2.83. The first kappa shape index (κ1) is 24.1. The first-order chi connectivity index (χ1) is 15.6. The molecule has 3 rings (SSSR count). The van der Waals surface area contributed by atoms with Gasteiger partial charge in [-0.15, -0.1) is 0 Å². The number of nitrogens with one attached hydrogen (secondary N) is 1. The Bertz CT molecular complexity index is 815. The quantitative estimate of drug-likeness (QED) is 0.609. The van der Waals surface area contributed by atoms with Crippen LogP contribution in [-0.2, 0) is 24.2 Å². The maximum atomic E-state index is 12.5. The van der Waals surface area contributed by atoms with Crippen molar-refractivity contribution in [3.05, 3.63) is 65.2 Å². The molecule has 1 saturated heterocycles.